The monoisotopic (exact) mass is 474 g/mol. The Hall–Kier alpha value is -1.88. The maximum atomic E-state index is 12.9. The predicted molar refractivity (Wildman–Crippen MR) is 122 cm³/mol. The van der Waals surface area contributed by atoms with Gasteiger partial charge in [-0.25, -0.2) is 18.0 Å². The van der Waals surface area contributed by atoms with Gasteiger partial charge in [-0.15, -0.1) is 0 Å². The third-order valence-corrected chi connectivity index (χ3v) is 6.81. The number of aryl methyl sites for hydroxylation is 1. The Labute approximate surface area is 208 Å². The minimum atomic E-state index is -3.84. The number of carboxylic acid groups (broad SMARTS) is 1. The van der Waals surface area contributed by atoms with Gasteiger partial charge in [0.2, 0.25) is 5.43 Å². The zero-order valence-corrected chi connectivity index (χ0v) is 18.7. The quantitative estimate of drug-likeness (QED) is 0.632. The van der Waals surface area contributed by atoms with Crippen molar-refractivity contribution in [2.75, 3.05) is 12.3 Å². The van der Waals surface area contributed by atoms with Crippen molar-refractivity contribution < 1.29 is 27.9 Å². The van der Waals surface area contributed by atoms with Gasteiger partial charge in [0, 0.05) is 24.2 Å². The van der Waals surface area contributed by atoms with E-state index < -0.39 is 38.5 Å². The van der Waals surface area contributed by atoms with Gasteiger partial charge in [0.1, 0.15) is 11.2 Å². The standard InChI is InChI=1S/C21H26N2O7S.Na.H/c1-12-5-6-13-9-14(31(28,29)8-7-22-20(27)30-21(2,3)4)10-15-17(13)23(12)11-16(18(15)24)19(25)26;;/h9-12H,5-8H2,1-4H3,(H,22,27)(H,25,26);;. The summed E-state index contributed by atoms with van der Waals surface area (Å²) in [5.74, 6) is -1.75. The van der Waals surface area contributed by atoms with Crippen molar-refractivity contribution in [3.05, 3.63) is 39.7 Å². The molecule has 0 fully saturated rings. The van der Waals surface area contributed by atoms with E-state index in [9.17, 15) is 27.9 Å². The van der Waals surface area contributed by atoms with Gasteiger partial charge in [-0.2, -0.15) is 0 Å². The minimum absolute atomic E-state index is 0. The van der Waals surface area contributed by atoms with Gasteiger partial charge in [0.05, 0.1) is 16.2 Å². The van der Waals surface area contributed by atoms with Crippen molar-refractivity contribution in [2.45, 2.75) is 57.1 Å². The van der Waals surface area contributed by atoms with Gasteiger partial charge in [0.25, 0.3) is 0 Å². The van der Waals surface area contributed by atoms with Crippen molar-refractivity contribution in [1.29, 1.82) is 0 Å². The summed E-state index contributed by atoms with van der Waals surface area (Å²) in [7, 11) is -3.84. The molecule has 3 rings (SSSR count). The molecule has 0 aliphatic carbocycles. The normalized spacial score (nSPS) is 15.7. The Morgan fingerprint density at radius 3 is 2.53 bits per heavy atom. The third-order valence-electron chi connectivity index (χ3n) is 5.11. The fourth-order valence-corrected chi connectivity index (χ4v) is 4.87. The Morgan fingerprint density at radius 1 is 1.28 bits per heavy atom. The number of carbonyl (C=O) groups excluding carboxylic acids is 1. The Bertz CT molecular complexity index is 1230. The predicted octanol–water partition coefficient (Wildman–Crippen LogP) is 1.86. The molecule has 170 valence electrons. The summed E-state index contributed by atoms with van der Waals surface area (Å²) < 4.78 is 32.6. The molecule has 0 saturated heterocycles. The van der Waals surface area contributed by atoms with E-state index in [1.807, 2.05) is 6.92 Å². The number of aromatic nitrogens is 1. The van der Waals surface area contributed by atoms with Gasteiger partial charge in [-0.1, -0.05) is 0 Å². The van der Waals surface area contributed by atoms with Gasteiger partial charge in [-0.05, 0) is 58.2 Å². The van der Waals surface area contributed by atoms with Crippen LogP contribution in [0.2, 0.25) is 0 Å². The van der Waals surface area contributed by atoms with Gasteiger partial charge in [0.15, 0.2) is 9.84 Å². The number of nitrogens with one attached hydrogen (secondary N) is 1. The summed E-state index contributed by atoms with van der Waals surface area (Å²) in [5, 5.41) is 11.9. The van der Waals surface area contributed by atoms with Gasteiger partial charge >= 0.3 is 41.6 Å². The Kier molecular flexibility index (Phi) is 7.87. The number of sulfone groups is 1. The number of carboxylic acids is 1. The number of aromatic carboxylic acids is 1. The number of hydrogen-bond donors (Lipinski definition) is 2. The number of carbonyl (C=O) groups is 2. The summed E-state index contributed by atoms with van der Waals surface area (Å²) in [5.41, 5.74) is -0.558. The number of hydrogen-bond acceptors (Lipinski definition) is 6. The van der Waals surface area contributed by atoms with Gasteiger partial charge in [-0.3, -0.25) is 4.79 Å². The van der Waals surface area contributed by atoms with Crippen LogP contribution < -0.4 is 10.7 Å². The van der Waals surface area contributed by atoms with E-state index in [0.29, 0.717) is 23.9 Å². The van der Waals surface area contributed by atoms with E-state index in [0.717, 1.165) is 0 Å². The topological polar surface area (TPSA) is 132 Å². The van der Waals surface area contributed by atoms with Crippen LogP contribution in [0, 0.1) is 0 Å². The van der Waals surface area contributed by atoms with Crippen molar-refractivity contribution in [1.82, 2.24) is 9.88 Å². The van der Waals surface area contributed by atoms with E-state index in [1.165, 1.54) is 18.3 Å². The van der Waals surface area contributed by atoms with Crippen LogP contribution in [0.5, 0.6) is 0 Å². The van der Waals surface area contributed by atoms with Crippen molar-refractivity contribution in [3.63, 3.8) is 0 Å². The molecule has 0 saturated carbocycles. The number of nitrogens with zero attached hydrogens (tertiary/aromatic N) is 1. The summed E-state index contributed by atoms with van der Waals surface area (Å²) in [4.78, 5) is 36.0. The van der Waals surface area contributed by atoms with E-state index in [-0.39, 0.29) is 58.2 Å². The molecule has 2 N–H and O–H groups in total. The Morgan fingerprint density at radius 2 is 1.94 bits per heavy atom. The van der Waals surface area contributed by atoms with E-state index in [2.05, 4.69) is 5.32 Å². The SMILES string of the molecule is CC1CCc2cc(S(=O)(=O)CCNC(=O)OC(C)(C)C)cc3c(=O)c(C(=O)O)cn1c23.[NaH]. The van der Waals surface area contributed by atoms with Crippen LogP contribution in [0.3, 0.4) is 0 Å². The van der Waals surface area contributed by atoms with Crippen LogP contribution >= 0.6 is 0 Å². The fourth-order valence-electron chi connectivity index (χ4n) is 3.64. The Balaban J connectivity index is 0.00000363. The molecule has 0 spiro atoms. The van der Waals surface area contributed by atoms with Gasteiger partial charge < -0.3 is 19.7 Å². The molecule has 11 heteroatoms. The van der Waals surface area contributed by atoms with Crippen LogP contribution in [0.1, 0.15) is 56.1 Å². The number of amides is 1. The maximum absolute atomic E-state index is 12.9. The van der Waals surface area contributed by atoms with Crippen LogP contribution in [0.4, 0.5) is 4.79 Å². The number of ether oxygens (including phenoxy) is 1. The molecule has 32 heavy (non-hydrogen) atoms. The van der Waals surface area contributed by atoms with Crippen molar-refractivity contribution in [2.24, 2.45) is 0 Å². The number of pyridine rings is 1. The average molecular weight is 475 g/mol. The molecule has 1 atom stereocenters. The number of alkyl carbamates (subject to hydrolysis) is 1. The average Bonchev–Trinajstić information content (AvgIpc) is 2.63. The zero-order chi connectivity index (χ0) is 23.1. The molecule has 1 aliphatic heterocycles. The first kappa shape index (κ1) is 26.4. The molecule has 0 bridgehead atoms. The van der Waals surface area contributed by atoms with Crippen LogP contribution in [0.25, 0.3) is 10.9 Å². The van der Waals surface area contributed by atoms with Crippen LogP contribution in [-0.4, -0.2) is 77.6 Å². The second-order valence-corrected chi connectivity index (χ2v) is 10.8. The first-order valence-corrected chi connectivity index (χ1v) is 11.6. The van der Waals surface area contributed by atoms with E-state index in [1.54, 1.807) is 25.3 Å². The van der Waals surface area contributed by atoms with Crippen LogP contribution in [-0.2, 0) is 21.0 Å². The van der Waals surface area contributed by atoms with Crippen LogP contribution in [0.15, 0.2) is 28.0 Å². The van der Waals surface area contributed by atoms with Crippen molar-refractivity contribution in [3.8, 4) is 0 Å². The third kappa shape index (κ3) is 5.54. The first-order chi connectivity index (χ1) is 14.3. The zero-order valence-electron chi connectivity index (χ0n) is 17.9. The number of benzene rings is 1. The van der Waals surface area contributed by atoms with Crippen molar-refractivity contribution >= 4 is 62.4 Å². The number of rotatable bonds is 5. The molecule has 9 nitrogen and oxygen atoms in total. The molecule has 1 aromatic carbocycles. The molecular formula is C21H27N2NaO7S. The molecule has 2 aromatic rings. The second kappa shape index (κ2) is 9.54. The molecule has 1 aromatic heterocycles. The van der Waals surface area contributed by atoms with E-state index >= 15 is 0 Å². The summed E-state index contributed by atoms with van der Waals surface area (Å²) in [6.45, 7) is 6.85. The summed E-state index contributed by atoms with van der Waals surface area (Å²) in [6, 6.07) is 2.76. The summed E-state index contributed by atoms with van der Waals surface area (Å²) in [6.07, 6.45) is 1.87. The molecule has 0 radical (unpaired) electrons. The second-order valence-electron chi connectivity index (χ2n) is 8.70. The molecule has 1 unspecified atom stereocenters. The first-order valence-electron chi connectivity index (χ1n) is 9.95. The van der Waals surface area contributed by atoms with E-state index in [4.69, 9.17) is 4.74 Å². The molecule has 2 heterocycles. The molecule has 1 aliphatic rings. The molecular weight excluding hydrogens is 447 g/mol. The fraction of sp³-hybridized carbons (Fsp3) is 0.476. The summed E-state index contributed by atoms with van der Waals surface area (Å²) >= 11 is 0. The molecule has 1 amide bonds.